The zero-order valence-electron chi connectivity index (χ0n) is 17.3. The van der Waals surface area contributed by atoms with Crippen LogP contribution in [0.5, 0.6) is 11.5 Å². The molecule has 10 nitrogen and oxygen atoms in total. The molecule has 0 aliphatic carbocycles. The summed E-state index contributed by atoms with van der Waals surface area (Å²) in [6.07, 6.45) is 0.271. The summed E-state index contributed by atoms with van der Waals surface area (Å²) in [7, 11) is 0. The molecular weight excluding hydrogens is 398 g/mol. The maximum atomic E-state index is 12.6. The minimum absolute atomic E-state index is 0.0697. The first-order valence-electron chi connectivity index (χ1n) is 10.0. The molecule has 0 saturated carbocycles. The lowest BCUT2D eigenvalue weighted by molar-refractivity contribution is -0.116. The Balaban J connectivity index is 1.64. The Kier molecular flexibility index (Phi) is 4.35. The number of hydrogen-bond acceptors (Lipinski definition) is 7. The van der Waals surface area contributed by atoms with E-state index >= 15 is 0 Å². The van der Waals surface area contributed by atoms with Crippen molar-refractivity contribution < 1.29 is 14.6 Å². The summed E-state index contributed by atoms with van der Waals surface area (Å²) >= 11 is 0. The Morgan fingerprint density at radius 3 is 2.84 bits per heavy atom. The van der Waals surface area contributed by atoms with Gasteiger partial charge in [-0.3, -0.25) is 4.79 Å². The third-order valence-corrected chi connectivity index (χ3v) is 5.41. The Hall–Kier alpha value is -3.95. The molecule has 3 aromatic heterocycles. The normalized spacial score (nSPS) is 15.7. The SMILES string of the molecule is CCOc1cc([C@@H]2CC(=O)Nc3c2c(C)nn3-c2ccc3nnc(C)n3n2)ccc1O. The number of ether oxygens (including phenoxy) is 1. The molecule has 0 radical (unpaired) electrons. The Morgan fingerprint density at radius 2 is 2.03 bits per heavy atom. The van der Waals surface area contributed by atoms with Crippen LogP contribution in [0.25, 0.3) is 11.5 Å². The van der Waals surface area contributed by atoms with Crippen molar-refractivity contribution in [3.63, 3.8) is 0 Å². The molecule has 5 rings (SSSR count). The summed E-state index contributed by atoms with van der Waals surface area (Å²) < 4.78 is 8.81. The third-order valence-electron chi connectivity index (χ3n) is 5.41. The van der Waals surface area contributed by atoms with Gasteiger partial charge in [-0.25, -0.2) is 0 Å². The van der Waals surface area contributed by atoms with Crippen LogP contribution in [0.2, 0.25) is 0 Å². The number of aromatic hydroxyl groups is 1. The standard InChI is InChI=1S/C21H21N7O3/c1-4-31-16-9-13(5-6-15(16)29)14-10-19(30)22-21-20(14)11(2)25-28(21)18-8-7-17-24-23-12(3)27(17)26-18/h5-9,14,29H,4,10H2,1-3H3,(H,22,30)/t14-/m0/s1. The minimum atomic E-state index is -0.224. The van der Waals surface area contributed by atoms with E-state index in [0.717, 1.165) is 16.8 Å². The molecule has 4 heterocycles. The molecule has 158 valence electrons. The van der Waals surface area contributed by atoms with Crippen molar-refractivity contribution in [1.29, 1.82) is 0 Å². The topological polar surface area (TPSA) is 119 Å². The number of phenols is 1. The second-order valence-corrected chi connectivity index (χ2v) is 7.43. The number of amides is 1. The number of hydrogen-bond donors (Lipinski definition) is 2. The van der Waals surface area contributed by atoms with Crippen LogP contribution < -0.4 is 10.1 Å². The lowest BCUT2D eigenvalue weighted by atomic mass is 9.85. The van der Waals surface area contributed by atoms with Crippen molar-refractivity contribution in [2.75, 3.05) is 11.9 Å². The second-order valence-electron chi connectivity index (χ2n) is 7.43. The number of nitrogens with zero attached hydrogens (tertiary/aromatic N) is 6. The number of nitrogens with one attached hydrogen (secondary N) is 1. The molecule has 0 bridgehead atoms. The zero-order valence-corrected chi connectivity index (χ0v) is 17.3. The van der Waals surface area contributed by atoms with Crippen molar-refractivity contribution in [3.05, 3.63) is 53.0 Å². The highest BCUT2D eigenvalue weighted by Gasteiger charge is 2.33. The smallest absolute Gasteiger partial charge is 0.226 e. The van der Waals surface area contributed by atoms with Gasteiger partial charge in [-0.15, -0.1) is 15.3 Å². The zero-order chi connectivity index (χ0) is 21.7. The van der Waals surface area contributed by atoms with Crippen LogP contribution in [0.4, 0.5) is 5.82 Å². The van der Waals surface area contributed by atoms with Crippen LogP contribution >= 0.6 is 0 Å². The molecule has 31 heavy (non-hydrogen) atoms. The number of fused-ring (bicyclic) bond motifs is 2. The van der Waals surface area contributed by atoms with Crippen molar-refractivity contribution >= 4 is 17.4 Å². The summed E-state index contributed by atoms with van der Waals surface area (Å²) in [6.45, 7) is 6.01. The largest absolute Gasteiger partial charge is 0.504 e. The van der Waals surface area contributed by atoms with E-state index in [2.05, 4.69) is 25.7 Å². The van der Waals surface area contributed by atoms with Crippen molar-refractivity contribution in [2.24, 2.45) is 0 Å². The van der Waals surface area contributed by atoms with E-state index in [1.807, 2.05) is 32.9 Å². The highest BCUT2D eigenvalue weighted by Crippen LogP contribution is 2.42. The van der Waals surface area contributed by atoms with Gasteiger partial charge in [0.15, 0.2) is 28.8 Å². The summed E-state index contributed by atoms with van der Waals surface area (Å²) in [5.74, 6) is 1.91. The van der Waals surface area contributed by atoms with Gasteiger partial charge in [0, 0.05) is 17.9 Å². The van der Waals surface area contributed by atoms with E-state index in [1.54, 1.807) is 27.4 Å². The van der Waals surface area contributed by atoms with E-state index in [4.69, 9.17) is 4.74 Å². The predicted octanol–water partition coefficient (Wildman–Crippen LogP) is 2.51. The van der Waals surface area contributed by atoms with E-state index < -0.39 is 0 Å². The monoisotopic (exact) mass is 419 g/mol. The van der Waals surface area contributed by atoms with Gasteiger partial charge in [0.1, 0.15) is 5.82 Å². The van der Waals surface area contributed by atoms with E-state index in [1.165, 1.54) is 0 Å². The predicted molar refractivity (Wildman–Crippen MR) is 112 cm³/mol. The molecular formula is C21H21N7O3. The fraction of sp³-hybridized carbons (Fsp3) is 0.286. The first kappa shape index (κ1) is 19.0. The van der Waals surface area contributed by atoms with Crippen LogP contribution in [0.15, 0.2) is 30.3 Å². The number of aryl methyl sites for hydroxylation is 2. The first-order chi connectivity index (χ1) is 15.0. The van der Waals surface area contributed by atoms with Crippen LogP contribution in [0.3, 0.4) is 0 Å². The van der Waals surface area contributed by atoms with E-state index in [-0.39, 0.29) is 24.0 Å². The number of aromatic nitrogens is 6. The Bertz CT molecular complexity index is 1320. The molecule has 10 heteroatoms. The van der Waals surface area contributed by atoms with Crippen LogP contribution in [-0.2, 0) is 4.79 Å². The van der Waals surface area contributed by atoms with Crippen molar-refractivity contribution in [2.45, 2.75) is 33.1 Å². The Labute approximate surface area is 177 Å². The molecule has 1 aromatic carbocycles. The lowest BCUT2D eigenvalue weighted by Crippen LogP contribution is -2.25. The van der Waals surface area contributed by atoms with Gasteiger partial charge >= 0.3 is 0 Å². The summed E-state index contributed by atoms with van der Waals surface area (Å²) in [5.41, 5.74) is 3.20. The quantitative estimate of drug-likeness (QED) is 0.521. The number of anilines is 1. The minimum Gasteiger partial charge on any atom is -0.504 e. The van der Waals surface area contributed by atoms with E-state index in [0.29, 0.717) is 35.5 Å². The molecule has 1 amide bonds. The third kappa shape index (κ3) is 3.07. The summed E-state index contributed by atoms with van der Waals surface area (Å²) in [5, 5.41) is 30.4. The number of rotatable bonds is 4. The number of carbonyl (C=O) groups is 1. The number of phenolic OH excluding ortho intramolecular Hbond substituents is 1. The van der Waals surface area contributed by atoms with Gasteiger partial charge in [-0.2, -0.15) is 14.3 Å². The molecule has 0 fully saturated rings. The van der Waals surface area contributed by atoms with Crippen LogP contribution in [0, 0.1) is 13.8 Å². The highest BCUT2D eigenvalue weighted by molar-refractivity contribution is 5.95. The molecule has 0 unspecified atom stereocenters. The van der Waals surface area contributed by atoms with E-state index in [9.17, 15) is 9.90 Å². The maximum Gasteiger partial charge on any atom is 0.226 e. The summed E-state index contributed by atoms with van der Waals surface area (Å²) in [6, 6.07) is 8.79. The average molecular weight is 419 g/mol. The summed E-state index contributed by atoms with van der Waals surface area (Å²) in [4.78, 5) is 12.6. The number of carbonyl (C=O) groups excluding carboxylic acids is 1. The average Bonchev–Trinajstić information content (AvgIpc) is 3.29. The van der Waals surface area contributed by atoms with Gasteiger partial charge in [0.2, 0.25) is 5.91 Å². The maximum absolute atomic E-state index is 12.6. The van der Waals surface area contributed by atoms with Gasteiger partial charge in [0.05, 0.1) is 12.3 Å². The lowest BCUT2D eigenvalue weighted by Gasteiger charge is -2.24. The molecule has 1 aliphatic rings. The number of benzene rings is 1. The van der Waals surface area contributed by atoms with Crippen LogP contribution in [-0.4, -0.2) is 47.2 Å². The van der Waals surface area contributed by atoms with Gasteiger partial charge < -0.3 is 15.2 Å². The second kappa shape index (κ2) is 7.08. The molecule has 2 N–H and O–H groups in total. The Morgan fingerprint density at radius 1 is 1.19 bits per heavy atom. The fourth-order valence-electron chi connectivity index (χ4n) is 4.02. The first-order valence-corrected chi connectivity index (χ1v) is 10.0. The molecule has 1 atom stereocenters. The highest BCUT2D eigenvalue weighted by atomic mass is 16.5. The van der Waals surface area contributed by atoms with Gasteiger partial charge in [-0.05, 0) is 50.6 Å². The molecule has 0 saturated heterocycles. The van der Waals surface area contributed by atoms with Gasteiger partial charge in [-0.1, -0.05) is 6.07 Å². The molecule has 0 spiro atoms. The fourth-order valence-corrected chi connectivity index (χ4v) is 4.02. The van der Waals surface area contributed by atoms with Crippen molar-refractivity contribution in [3.8, 4) is 17.3 Å². The van der Waals surface area contributed by atoms with Gasteiger partial charge in [0.25, 0.3) is 0 Å². The van der Waals surface area contributed by atoms with Crippen molar-refractivity contribution in [1.82, 2.24) is 29.6 Å². The molecule has 4 aromatic rings. The van der Waals surface area contributed by atoms with Crippen LogP contribution in [0.1, 0.15) is 41.9 Å². The molecule has 1 aliphatic heterocycles.